The van der Waals surface area contributed by atoms with Crippen molar-refractivity contribution in [2.24, 2.45) is 0 Å². The van der Waals surface area contributed by atoms with Crippen molar-refractivity contribution >= 4 is 17.7 Å². The van der Waals surface area contributed by atoms with E-state index in [9.17, 15) is 17.9 Å². The Balaban J connectivity index is 2.04. The highest BCUT2D eigenvalue weighted by atomic mass is 32.2. The molecule has 118 valence electrons. The van der Waals surface area contributed by atoms with Gasteiger partial charge in [-0.15, -0.1) is 0 Å². The van der Waals surface area contributed by atoms with Crippen LogP contribution in [0.1, 0.15) is 5.56 Å². The van der Waals surface area contributed by atoms with E-state index in [0.29, 0.717) is 0 Å². The van der Waals surface area contributed by atoms with Gasteiger partial charge in [0, 0.05) is 0 Å². The monoisotopic (exact) mass is 341 g/mol. The van der Waals surface area contributed by atoms with E-state index in [1.165, 1.54) is 24.3 Å². The lowest BCUT2D eigenvalue weighted by Gasteiger charge is -2.23. The minimum Gasteiger partial charge on any atom is -0.767 e. The lowest BCUT2D eigenvalue weighted by molar-refractivity contribution is -0.193. The first kappa shape index (κ1) is 16.7. The summed E-state index contributed by atoms with van der Waals surface area (Å²) in [6, 6.07) is 13.6. The molecule has 6 nitrogen and oxygen atoms in total. The van der Waals surface area contributed by atoms with Crippen LogP contribution in [0.3, 0.4) is 0 Å². The zero-order chi connectivity index (χ0) is 16.2. The Hall–Kier alpha value is -1.66. The van der Waals surface area contributed by atoms with Crippen LogP contribution >= 0.6 is 7.60 Å². The molecule has 1 atom stereocenters. The molecule has 0 N–H and O–H groups in total. The van der Waals surface area contributed by atoms with Crippen molar-refractivity contribution in [1.82, 2.24) is 0 Å². The van der Waals surface area contributed by atoms with Gasteiger partial charge in [0.1, 0.15) is 12.1 Å². The molecule has 0 heterocycles. The van der Waals surface area contributed by atoms with E-state index in [0.717, 1.165) is 5.56 Å². The smallest absolute Gasteiger partial charge is 0.297 e. The summed E-state index contributed by atoms with van der Waals surface area (Å²) in [5.74, 6) is 0.0946. The second-order valence-electron chi connectivity index (χ2n) is 4.53. The van der Waals surface area contributed by atoms with Crippen LogP contribution < -0.4 is 9.42 Å². The molecule has 0 aliphatic carbocycles. The van der Waals surface area contributed by atoms with Crippen LogP contribution in [-0.2, 0) is 18.9 Å². The number of aryl methyl sites for hydroxylation is 1. The van der Waals surface area contributed by atoms with Gasteiger partial charge in [0.05, 0.1) is 4.90 Å². The van der Waals surface area contributed by atoms with Crippen molar-refractivity contribution < 1.29 is 26.6 Å². The normalized spacial score (nSPS) is 14.3. The minimum absolute atomic E-state index is 0.0946. The van der Waals surface area contributed by atoms with Gasteiger partial charge in [-0.25, -0.2) is 0 Å². The lowest BCUT2D eigenvalue weighted by atomic mass is 10.2. The Morgan fingerprint density at radius 1 is 1.05 bits per heavy atom. The molecule has 2 aromatic rings. The zero-order valence-corrected chi connectivity index (χ0v) is 13.4. The summed E-state index contributed by atoms with van der Waals surface area (Å²) in [6.07, 6.45) is -1.07. The molecule has 0 amide bonds. The molecular formula is C14H14O6PS-. The molecule has 22 heavy (non-hydrogen) atoms. The molecule has 2 rings (SSSR count). The number of rotatable bonds is 6. The van der Waals surface area contributed by atoms with Crippen molar-refractivity contribution in [3.63, 3.8) is 0 Å². The molecular weight excluding hydrogens is 327 g/mol. The van der Waals surface area contributed by atoms with Crippen LogP contribution in [0.4, 0.5) is 0 Å². The highest BCUT2D eigenvalue weighted by Crippen LogP contribution is 2.38. The van der Waals surface area contributed by atoms with Crippen LogP contribution in [0, 0.1) is 6.92 Å². The molecule has 1 unspecified atom stereocenters. The van der Waals surface area contributed by atoms with Gasteiger partial charge in [0.2, 0.25) is 7.60 Å². The summed E-state index contributed by atoms with van der Waals surface area (Å²) in [5, 5.41) is 0. The van der Waals surface area contributed by atoms with Gasteiger partial charge in [-0.3, -0.25) is 8.75 Å². The van der Waals surface area contributed by atoms with Crippen LogP contribution in [0.5, 0.6) is 5.75 Å². The van der Waals surface area contributed by atoms with Crippen molar-refractivity contribution in [3.05, 3.63) is 60.2 Å². The Morgan fingerprint density at radius 2 is 1.64 bits per heavy atom. The fourth-order valence-corrected chi connectivity index (χ4v) is 3.75. The fraction of sp³-hybridized carbons (Fsp3) is 0.143. The number of hydrogen-bond donors (Lipinski definition) is 0. The largest absolute Gasteiger partial charge is 0.767 e. The highest BCUT2D eigenvalue weighted by Gasteiger charge is 2.20. The predicted octanol–water partition coefficient (Wildman–Crippen LogP) is 2.29. The summed E-state index contributed by atoms with van der Waals surface area (Å²) in [6.45, 7) is 1.80. The molecule has 0 saturated carbocycles. The van der Waals surface area contributed by atoms with Crippen LogP contribution in [0.2, 0.25) is 0 Å². The summed E-state index contributed by atoms with van der Waals surface area (Å²) < 4.78 is 44.9. The average molecular weight is 341 g/mol. The van der Waals surface area contributed by atoms with E-state index < -0.39 is 24.1 Å². The van der Waals surface area contributed by atoms with Gasteiger partial charge in [-0.2, -0.15) is 8.42 Å². The maximum Gasteiger partial charge on any atom is 0.297 e. The first-order valence-electron chi connectivity index (χ1n) is 6.29. The van der Waals surface area contributed by atoms with E-state index in [4.69, 9.17) is 4.52 Å². The fourth-order valence-electron chi connectivity index (χ4n) is 1.58. The highest BCUT2D eigenvalue weighted by molar-refractivity contribution is 7.87. The predicted molar refractivity (Wildman–Crippen MR) is 79.0 cm³/mol. The number of para-hydroxylation sites is 1. The van der Waals surface area contributed by atoms with Gasteiger partial charge in [0.15, 0.2) is 0 Å². The molecule has 0 aromatic heterocycles. The van der Waals surface area contributed by atoms with E-state index in [1.54, 1.807) is 37.3 Å². The van der Waals surface area contributed by atoms with Gasteiger partial charge >= 0.3 is 0 Å². The first-order chi connectivity index (χ1) is 10.3. The second-order valence-corrected chi connectivity index (χ2v) is 7.81. The second kappa shape index (κ2) is 6.62. The molecule has 0 spiro atoms. The van der Waals surface area contributed by atoms with Crippen molar-refractivity contribution in [3.8, 4) is 5.75 Å². The molecule has 2 aromatic carbocycles. The van der Waals surface area contributed by atoms with E-state index in [2.05, 4.69) is 4.18 Å². The van der Waals surface area contributed by atoms with E-state index in [-0.39, 0.29) is 10.6 Å². The van der Waals surface area contributed by atoms with Crippen molar-refractivity contribution in [2.45, 2.75) is 11.8 Å². The standard InChI is InChI=1S/C14H15O6PS/c1-12-7-9-14(10-8-12)22(17,18)19-11-21(15,16)20-13-5-3-2-4-6-13/h2-10H,11H2,1H3,(H,15,16)/p-1. The molecule has 0 fully saturated rings. The first-order valence-corrected chi connectivity index (χ1v) is 9.43. The van der Waals surface area contributed by atoms with Crippen LogP contribution in [0.15, 0.2) is 59.5 Å². The Labute approximate surface area is 129 Å². The maximum absolute atomic E-state index is 11.9. The van der Waals surface area contributed by atoms with Crippen LogP contribution in [-0.4, -0.2) is 14.8 Å². The molecule has 0 aliphatic heterocycles. The van der Waals surface area contributed by atoms with E-state index >= 15 is 0 Å². The number of benzene rings is 2. The molecule has 0 aliphatic rings. The molecule has 8 heteroatoms. The zero-order valence-electron chi connectivity index (χ0n) is 11.7. The van der Waals surface area contributed by atoms with Crippen LogP contribution in [0.25, 0.3) is 0 Å². The summed E-state index contributed by atoms with van der Waals surface area (Å²) in [5.41, 5.74) is 0.876. The minimum atomic E-state index is -4.49. The third kappa shape index (κ3) is 4.68. The van der Waals surface area contributed by atoms with Gasteiger partial charge in [-0.05, 0) is 31.2 Å². The Bertz CT molecular complexity index is 771. The quantitative estimate of drug-likeness (QED) is 0.591. The van der Waals surface area contributed by atoms with Gasteiger partial charge in [0.25, 0.3) is 10.1 Å². The Morgan fingerprint density at radius 3 is 2.23 bits per heavy atom. The summed E-state index contributed by atoms with van der Waals surface area (Å²) in [7, 11) is -8.65. The third-order valence-corrected chi connectivity index (χ3v) is 5.05. The topological polar surface area (TPSA) is 92.7 Å². The number of hydrogen-bond acceptors (Lipinski definition) is 6. The van der Waals surface area contributed by atoms with Gasteiger partial charge in [-0.1, -0.05) is 35.9 Å². The van der Waals surface area contributed by atoms with Gasteiger partial charge < -0.3 is 9.42 Å². The molecule has 0 bridgehead atoms. The van der Waals surface area contributed by atoms with Crippen molar-refractivity contribution in [2.75, 3.05) is 6.35 Å². The SMILES string of the molecule is Cc1ccc(S(=O)(=O)OCP(=O)([O-])Oc2ccccc2)cc1. The lowest BCUT2D eigenvalue weighted by Crippen LogP contribution is -2.16. The van der Waals surface area contributed by atoms with Crippen molar-refractivity contribution in [1.29, 1.82) is 0 Å². The average Bonchev–Trinajstić information content (AvgIpc) is 2.47. The van der Waals surface area contributed by atoms with E-state index in [1.807, 2.05) is 0 Å². The summed E-state index contributed by atoms with van der Waals surface area (Å²) in [4.78, 5) is 11.6. The summed E-state index contributed by atoms with van der Waals surface area (Å²) >= 11 is 0. The molecule has 0 radical (unpaired) electrons. The molecule has 0 saturated heterocycles. The third-order valence-electron chi connectivity index (χ3n) is 2.66. The maximum atomic E-state index is 11.9. The Kier molecular flexibility index (Phi) is 5.03.